The Labute approximate surface area is 118 Å². The van der Waals surface area contributed by atoms with Crippen LogP contribution in [0, 0.1) is 0 Å². The van der Waals surface area contributed by atoms with E-state index in [0.29, 0.717) is 9.88 Å². The van der Waals surface area contributed by atoms with Gasteiger partial charge in [-0.05, 0) is 23.1 Å². The molecule has 1 fully saturated rings. The molecule has 1 aliphatic rings. The second-order valence-electron chi connectivity index (χ2n) is 5.40. The number of hydrogen-bond donors (Lipinski definition) is 0. The molecule has 0 atom stereocenters. The predicted molar refractivity (Wildman–Crippen MR) is 81.2 cm³/mol. The number of carbonyl (C=O) groups is 1. The van der Waals surface area contributed by atoms with Crippen LogP contribution >= 0.6 is 24.0 Å². The molecule has 1 aliphatic heterocycles. The van der Waals surface area contributed by atoms with Crippen LogP contribution in [-0.2, 0) is 5.41 Å². The average molecular weight is 279 g/mol. The molecule has 2 rings (SSSR count). The molecular formula is C14H17NOS2. The average Bonchev–Trinajstić information content (AvgIpc) is 2.73. The van der Waals surface area contributed by atoms with Crippen molar-refractivity contribution < 1.29 is 4.79 Å². The smallest absolute Gasteiger partial charge is 0.259 e. The van der Waals surface area contributed by atoms with E-state index in [-0.39, 0.29) is 11.3 Å². The fourth-order valence-corrected chi connectivity index (χ4v) is 3.05. The van der Waals surface area contributed by atoms with Crippen molar-refractivity contribution in [2.24, 2.45) is 0 Å². The maximum atomic E-state index is 12.2. The second-order valence-corrected chi connectivity index (χ2v) is 7.13. The largest absolute Gasteiger partial charge is 0.293 e. The molecule has 1 amide bonds. The van der Waals surface area contributed by atoms with E-state index in [1.165, 1.54) is 5.56 Å². The van der Waals surface area contributed by atoms with Gasteiger partial charge < -0.3 is 0 Å². The molecule has 1 aromatic carbocycles. The van der Waals surface area contributed by atoms with Gasteiger partial charge in [0, 0.05) is 17.9 Å². The Morgan fingerprint density at radius 2 is 1.89 bits per heavy atom. The molecule has 0 aliphatic carbocycles. The zero-order valence-electron chi connectivity index (χ0n) is 10.9. The Morgan fingerprint density at radius 3 is 2.33 bits per heavy atom. The molecule has 0 bridgehead atoms. The number of nitrogens with zero attached hydrogens (tertiary/aromatic N) is 1. The van der Waals surface area contributed by atoms with Crippen molar-refractivity contribution in [3.63, 3.8) is 0 Å². The Morgan fingerprint density at radius 1 is 1.28 bits per heavy atom. The normalized spacial score (nSPS) is 16.2. The van der Waals surface area contributed by atoms with Crippen molar-refractivity contribution in [3.8, 4) is 0 Å². The monoisotopic (exact) mass is 279 g/mol. The minimum Gasteiger partial charge on any atom is -0.293 e. The number of rotatable bonds is 1. The lowest BCUT2D eigenvalue weighted by Gasteiger charge is -2.20. The van der Waals surface area contributed by atoms with Crippen LogP contribution < -0.4 is 0 Å². The summed E-state index contributed by atoms with van der Waals surface area (Å²) in [6, 6.07) is 7.85. The van der Waals surface area contributed by atoms with Gasteiger partial charge in [0.1, 0.15) is 4.32 Å². The van der Waals surface area contributed by atoms with Crippen molar-refractivity contribution in [3.05, 3.63) is 35.4 Å². The van der Waals surface area contributed by atoms with E-state index < -0.39 is 0 Å². The molecule has 0 radical (unpaired) electrons. The van der Waals surface area contributed by atoms with E-state index in [9.17, 15) is 4.79 Å². The number of thiocarbonyl (C=S) groups is 1. The molecule has 18 heavy (non-hydrogen) atoms. The summed E-state index contributed by atoms with van der Waals surface area (Å²) >= 11 is 6.74. The van der Waals surface area contributed by atoms with Crippen LogP contribution in [0.5, 0.6) is 0 Å². The summed E-state index contributed by atoms with van der Waals surface area (Å²) in [6.07, 6.45) is 0. The zero-order valence-corrected chi connectivity index (χ0v) is 12.5. The fourth-order valence-electron chi connectivity index (χ4n) is 1.85. The first kappa shape index (κ1) is 13.6. The van der Waals surface area contributed by atoms with Gasteiger partial charge in [-0.1, -0.05) is 56.9 Å². The topological polar surface area (TPSA) is 20.3 Å². The standard InChI is InChI=1S/C14H17NOS2/c1-14(2,3)11-6-4-10(5-7-11)12(16)15-8-9-18-13(15)17/h4-7H,8-9H2,1-3H3. The maximum absolute atomic E-state index is 12.2. The molecule has 1 saturated heterocycles. The Balaban J connectivity index is 2.19. The first-order valence-corrected chi connectivity index (χ1v) is 7.38. The SMILES string of the molecule is CC(C)(C)c1ccc(C(=O)N2CCSC2=S)cc1. The van der Waals surface area contributed by atoms with Crippen molar-refractivity contribution in [1.82, 2.24) is 4.90 Å². The van der Waals surface area contributed by atoms with E-state index in [4.69, 9.17) is 12.2 Å². The third-order valence-corrected chi connectivity index (χ3v) is 4.43. The van der Waals surface area contributed by atoms with Crippen molar-refractivity contribution in [2.45, 2.75) is 26.2 Å². The van der Waals surface area contributed by atoms with Gasteiger partial charge in [0.25, 0.3) is 5.91 Å². The van der Waals surface area contributed by atoms with E-state index in [1.807, 2.05) is 24.3 Å². The maximum Gasteiger partial charge on any atom is 0.259 e. The van der Waals surface area contributed by atoms with Crippen LogP contribution in [0.2, 0.25) is 0 Å². The van der Waals surface area contributed by atoms with Gasteiger partial charge in [-0.15, -0.1) is 0 Å². The molecule has 0 N–H and O–H groups in total. The molecule has 0 aromatic heterocycles. The number of hydrogen-bond acceptors (Lipinski definition) is 3. The number of amides is 1. The lowest BCUT2D eigenvalue weighted by atomic mass is 9.86. The summed E-state index contributed by atoms with van der Waals surface area (Å²) in [7, 11) is 0. The fraction of sp³-hybridized carbons (Fsp3) is 0.429. The summed E-state index contributed by atoms with van der Waals surface area (Å²) < 4.78 is 0.694. The van der Waals surface area contributed by atoms with E-state index in [0.717, 1.165) is 12.3 Å². The van der Waals surface area contributed by atoms with Gasteiger partial charge in [0.05, 0.1) is 0 Å². The molecule has 0 saturated carbocycles. The summed E-state index contributed by atoms with van der Waals surface area (Å²) in [4.78, 5) is 13.9. The number of benzene rings is 1. The van der Waals surface area contributed by atoms with Gasteiger partial charge in [-0.2, -0.15) is 0 Å². The first-order valence-electron chi connectivity index (χ1n) is 5.99. The van der Waals surface area contributed by atoms with Crippen LogP contribution in [0.25, 0.3) is 0 Å². The predicted octanol–water partition coefficient (Wildman–Crippen LogP) is 3.46. The highest BCUT2D eigenvalue weighted by Gasteiger charge is 2.25. The van der Waals surface area contributed by atoms with E-state index >= 15 is 0 Å². The van der Waals surface area contributed by atoms with Crippen molar-refractivity contribution >= 4 is 34.2 Å². The number of thioether (sulfide) groups is 1. The van der Waals surface area contributed by atoms with Crippen molar-refractivity contribution in [2.75, 3.05) is 12.3 Å². The number of carbonyl (C=O) groups excluding carboxylic acids is 1. The third kappa shape index (κ3) is 2.75. The highest BCUT2D eigenvalue weighted by molar-refractivity contribution is 8.23. The zero-order chi connectivity index (χ0) is 13.3. The van der Waals surface area contributed by atoms with Crippen LogP contribution in [-0.4, -0.2) is 27.4 Å². The molecular weight excluding hydrogens is 262 g/mol. The van der Waals surface area contributed by atoms with Gasteiger partial charge in [-0.3, -0.25) is 9.69 Å². The Kier molecular flexibility index (Phi) is 3.78. The van der Waals surface area contributed by atoms with Gasteiger partial charge in [0.2, 0.25) is 0 Å². The molecule has 2 nitrogen and oxygen atoms in total. The summed E-state index contributed by atoms with van der Waals surface area (Å²) in [5, 5.41) is 0. The minimum atomic E-state index is 0.0189. The summed E-state index contributed by atoms with van der Waals surface area (Å²) in [5.74, 6) is 0.926. The van der Waals surface area contributed by atoms with Crippen LogP contribution in [0.4, 0.5) is 0 Å². The van der Waals surface area contributed by atoms with Gasteiger partial charge in [0.15, 0.2) is 0 Å². The highest BCUT2D eigenvalue weighted by Crippen LogP contribution is 2.24. The lowest BCUT2D eigenvalue weighted by molar-refractivity contribution is 0.0861. The van der Waals surface area contributed by atoms with Crippen molar-refractivity contribution in [1.29, 1.82) is 0 Å². The molecule has 0 unspecified atom stereocenters. The molecule has 1 aromatic rings. The van der Waals surface area contributed by atoms with E-state index in [1.54, 1.807) is 16.7 Å². The highest BCUT2D eigenvalue weighted by atomic mass is 32.2. The van der Waals surface area contributed by atoms with E-state index in [2.05, 4.69) is 20.8 Å². The molecule has 1 heterocycles. The molecule has 4 heteroatoms. The molecule has 96 valence electrons. The quantitative estimate of drug-likeness (QED) is 0.734. The van der Waals surface area contributed by atoms with Gasteiger partial charge in [-0.25, -0.2) is 0 Å². The van der Waals surface area contributed by atoms with Crippen LogP contribution in [0.3, 0.4) is 0 Å². The summed E-state index contributed by atoms with van der Waals surface area (Å²) in [6.45, 7) is 7.21. The second kappa shape index (κ2) is 5.02. The minimum absolute atomic E-state index is 0.0189. The first-order chi connectivity index (χ1) is 8.39. The van der Waals surface area contributed by atoms with Crippen LogP contribution in [0.1, 0.15) is 36.7 Å². The van der Waals surface area contributed by atoms with Gasteiger partial charge >= 0.3 is 0 Å². The third-order valence-electron chi connectivity index (χ3n) is 3.00. The van der Waals surface area contributed by atoms with Crippen LogP contribution in [0.15, 0.2) is 24.3 Å². The summed E-state index contributed by atoms with van der Waals surface area (Å²) in [5.41, 5.74) is 2.06. The lowest BCUT2D eigenvalue weighted by Crippen LogP contribution is -2.30. The Hall–Kier alpha value is -0.870. The molecule has 0 spiro atoms. The Bertz CT molecular complexity index is 474.